The van der Waals surface area contributed by atoms with Gasteiger partial charge in [-0.1, -0.05) is 91.0 Å². The quantitative estimate of drug-likeness (QED) is 0.207. The minimum atomic E-state index is 0.676. The van der Waals surface area contributed by atoms with Crippen LogP contribution in [0.2, 0.25) is 0 Å². The highest BCUT2D eigenvalue weighted by Crippen LogP contribution is 2.32. The van der Waals surface area contributed by atoms with E-state index in [1.165, 1.54) is 11.8 Å². The molecule has 0 unspecified atom stereocenters. The predicted molar refractivity (Wildman–Crippen MR) is 155 cm³/mol. The fourth-order valence-electron chi connectivity index (χ4n) is 3.49. The highest BCUT2D eigenvalue weighted by molar-refractivity contribution is 8.29. The van der Waals surface area contributed by atoms with Gasteiger partial charge >= 0.3 is 0 Å². The first-order valence-corrected chi connectivity index (χ1v) is 12.3. The summed E-state index contributed by atoms with van der Waals surface area (Å²) in [6.07, 6.45) is 5.55. The summed E-state index contributed by atoms with van der Waals surface area (Å²) in [5, 5.41) is 10.3. The largest absolute Gasteiger partial charge is 0.269 e. The highest BCUT2D eigenvalue weighted by atomic mass is 32.2. The molecule has 0 aliphatic carbocycles. The second-order valence-corrected chi connectivity index (χ2v) is 8.67. The summed E-state index contributed by atoms with van der Waals surface area (Å²) < 4.78 is 0. The summed E-state index contributed by atoms with van der Waals surface area (Å²) in [4.78, 5) is 11.9. The topological polar surface area (TPSA) is 52.7 Å². The Balaban J connectivity index is 1.55. The molecule has 0 radical (unpaired) electrons. The van der Waals surface area contributed by atoms with Gasteiger partial charge < -0.3 is 0 Å². The third kappa shape index (κ3) is 5.92. The van der Waals surface area contributed by atoms with E-state index in [-0.39, 0.29) is 0 Å². The van der Waals surface area contributed by atoms with E-state index in [2.05, 4.69) is 10.2 Å². The molecule has 6 heteroatoms. The standard InChI is InChI=1S/C30H23N5S/c1-5-14-24(15-6-1)16-13-23-31-34-30-35(27-21-11-4-12-22-27)28(32-25-17-7-2-8-18-25)29(36-30)33-26-19-9-3-10-20-26/h1-23H/b16-13+,31-23+,32-28?,33-29?,34-30-. The Morgan fingerprint density at radius 3 is 1.81 bits per heavy atom. The Kier molecular flexibility index (Phi) is 7.56. The van der Waals surface area contributed by atoms with Crippen molar-refractivity contribution in [3.05, 3.63) is 133 Å². The van der Waals surface area contributed by atoms with Crippen molar-refractivity contribution >= 4 is 57.2 Å². The van der Waals surface area contributed by atoms with E-state index in [0.717, 1.165) is 27.7 Å². The van der Waals surface area contributed by atoms with E-state index in [0.29, 0.717) is 11.0 Å². The average Bonchev–Trinajstić information content (AvgIpc) is 3.27. The van der Waals surface area contributed by atoms with Crippen molar-refractivity contribution in [2.75, 3.05) is 4.90 Å². The third-order valence-electron chi connectivity index (χ3n) is 5.16. The van der Waals surface area contributed by atoms with E-state index < -0.39 is 0 Å². The molecule has 1 aliphatic heterocycles. The summed E-state index contributed by atoms with van der Waals surface area (Å²) in [7, 11) is 0. The lowest BCUT2D eigenvalue weighted by Crippen LogP contribution is -2.30. The van der Waals surface area contributed by atoms with Crippen LogP contribution in [0.25, 0.3) is 6.08 Å². The minimum absolute atomic E-state index is 0.676. The molecule has 4 aromatic rings. The van der Waals surface area contributed by atoms with E-state index in [1.807, 2.05) is 138 Å². The number of para-hydroxylation sites is 3. The molecule has 5 nitrogen and oxygen atoms in total. The van der Waals surface area contributed by atoms with Gasteiger partial charge in [0, 0.05) is 11.9 Å². The van der Waals surface area contributed by atoms with Gasteiger partial charge in [0.15, 0.2) is 5.84 Å². The molecule has 1 heterocycles. The van der Waals surface area contributed by atoms with Crippen molar-refractivity contribution in [3.8, 4) is 0 Å². The number of allylic oxidation sites excluding steroid dienone is 1. The SMILES string of the molecule is C(=C\c1ccccc1)/C=N/N=C1\SC(=Nc2ccccc2)C(=Nc2ccccc2)N1c1ccccc1. The lowest BCUT2D eigenvalue weighted by atomic mass is 10.2. The Labute approximate surface area is 215 Å². The monoisotopic (exact) mass is 485 g/mol. The summed E-state index contributed by atoms with van der Waals surface area (Å²) in [5.74, 6) is 0.704. The number of anilines is 1. The number of benzene rings is 4. The van der Waals surface area contributed by atoms with Gasteiger partial charge in [0.2, 0.25) is 5.17 Å². The van der Waals surface area contributed by atoms with Crippen LogP contribution in [0.1, 0.15) is 5.56 Å². The maximum absolute atomic E-state index is 4.97. The van der Waals surface area contributed by atoms with Crippen LogP contribution < -0.4 is 4.90 Å². The van der Waals surface area contributed by atoms with Gasteiger partial charge in [0.05, 0.1) is 11.4 Å². The van der Waals surface area contributed by atoms with Crippen molar-refractivity contribution in [2.45, 2.75) is 0 Å². The molecule has 0 N–H and O–H groups in total. The molecule has 174 valence electrons. The number of amidine groups is 2. The van der Waals surface area contributed by atoms with E-state index in [4.69, 9.17) is 9.98 Å². The number of hydrogen-bond acceptors (Lipinski definition) is 5. The van der Waals surface area contributed by atoms with Crippen molar-refractivity contribution < 1.29 is 0 Å². The Hall–Kier alpha value is -4.55. The second-order valence-electron chi connectivity index (χ2n) is 7.71. The molecule has 1 saturated heterocycles. The molecule has 1 aliphatic rings. The average molecular weight is 486 g/mol. The molecule has 0 amide bonds. The maximum Gasteiger partial charge on any atom is 0.202 e. The van der Waals surface area contributed by atoms with Gasteiger partial charge in [0.1, 0.15) is 5.04 Å². The normalized spacial score (nSPS) is 17.2. The molecule has 0 spiro atoms. The Morgan fingerprint density at radius 2 is 1.17 bits per heavy atom. The van der Waals surface area contributed by atoms with Crippen LogP contribution >= 0.6 is 11.8 Å². The zero-order valence-corrected chi connectivity index (χ0v) is 20.2. The predicted octanol–water partition coefficient (Wildman–Crippen LogP) is 7.76. The first-order chi connectivity index (χ1) is 17.9. The first kappa shape index (κ1) is 23.2. The van der Waals surface area contributed by atoms with Crippen LogP contribution in [0, 0.1) is 0 Å². The third-order valence-corrected chi connectivity index (χ3v) is 6.07. The molecular weight excluding hydrogens is 462 g/mol. The molecule has 0 bridgehead atoms. The second kappa shape index (κ2) is 11.7. The van der Waals surface area contributed by atoms with Crippen molar-refractivity contribution in [2.24, 2.45) is 20.2 Å². The lowest BCUT2D eigenvalue weighted by Gasteiger charge is -2.17. The fraction of sp³-hybridized carbons (Fsp3) is 0. The summed E-state index contributed by atoms with van der Waals surface area (Å²) >= 11 is 1.45. The summed E-state index contributed by atoms with van der Waals surface area (Å²) in [5.41, 5.74) is 3.73. The van der Waals surface area contributed by atoms with Crippen molar-refractivity contribution in [1.29, 1.82) is 0 Å². The van der Waals surface area contributed by atoms with Gasteiger partial charge in [0.25, 0.3) is 0 Å². The maximum atomic E-state index is 4.97. The van der Waals surface area contributed by atoms with Gasteiger partial charge in [-0.05, 0) is 59.8 Å². The zero-order valence-electron chi connectivity index (χ0n) is 19.4. The Morgan fingerprint density at radius 1 is 0.611 bits per heavy atom. The van der Waals surface area contributed by atoms with E-state index in [1.54, 1.807) is 6.21 Å². The van der Waals surface area contributed by atoms with Gasteiger partial charge in [-0.2, -0.15) is 5.10 Å². The van der Waals surface area contributed by atoms with E-state index in [9.17, 15) is 0 Å². The number of aliphatic imine (C=N–C) groups is 2. The molecule has 0 saturated carbocycles. The smallest absolute Gasteiger partial charge is 0.202 e. The molecule has 1 fully saturated rings. The highest BCUT2D eigenvalue weighted by Gasteiger charge is 2.34. The first-order valence-electron chi connectivity index (χ1n) is 11.5. The zero-order chi connectivity index (χ0) is 24.4. The Bertz CT molecular complexity index is 1430. The van der Waals surface area contributed by atoms with Gasteiger partial charge in [-0.25, -0.2) is 9.98 Å². The van der Waals surface area contributed by atoms with Crippen LogP contribution in [0.5, 0.6) is 0 Å². The lowest BCUT2D eigenvalue weighted by molar-refractivity contribution is 1.24. The minimum Gasteiger partial charge on any atom is -0.269 e. The van der Waals surface area contributed by atoms with Crippen molar-refractivity contribution in [3.63, 3.8) is 0 Å². The van der Waals surface area contributed by atoms with Crippen LogP contribution in [0.15, 0.2) is 148 Å². The molecule has 0 atom stereocenters. The van der Waals surface area contributed by atoms with Crippen LogP contribution in [-0.2, 0) is 0 Å². The molecule has 36 heavy (non-hydrogen) atoms. The molecule has 4 aromatic carbocycles. The summed E-state index contributed by atoms with van der Waals surface area (Å²) in [6, 6.07) is 39.9. The molecular formula is C30H23N5S. The number of thioether (sulfide) groups is 1. The number of nitrogens with zero attached hydrogens (tertiary/aromatic N) is 5. The van der Waals surface area contributed by atoms with Crippen LogP contribution in [0.3, 0.4) is 0 Å². The van der Waals surface area contributed by atoms with Crippen molar-refractivity contribution in [1.82, 2.24) is 0 Å². The molecule has 0 aromatic heterocycles. The number of rotatable bonds is 6. The molecule has 5 rings (SSSR count). The van der Waals surface area contributed by atoms with E-state index >= 15 is 0 Å². The fourth-order valence-corrected chi connectivity index (χ4v) is 4.42. The van der Waals surface area contributed by atoms with Gasteiger partial charge in [-0.15, -0.1) is 5.10 Å². The van der Waals surface area contributed by atoms with Crippen LogP contribution in [0.4, 0.5) is 17.1 Å². The number of hydrogen-bond donors (Lipinski definition) is 0. The van der Waals surface area contributed by atoms with Crippen LogP contribution in [-0.4, -0.2) is 22.3 Å². The van der Waals surface area contributed by atoms with Gasteiger partial charge in [-0.3, -0.25) is 4.90 Å². The summed E-state index contributed by atoms with van der Waals surface area (Å²) in [6.45, 7) is 0.